The van der Waals surface area contributed by atoms with Crippen molar-refractivity contribution in [1.82, 2.24) is 10.6 Å². The van der Waals surface area contributed by atoms with Gasteiger partial charge in [0, 0.05) is 25.0 Å². The molecule has 2 aliphatic rings. The Bertz CT molecular complexity index is 287. The number of piperidine rings is 1. The molecule has 2 fully saturated rings. The Morgan fingerprint density at radius 1 is 1.20 bits per heavy atom. The lowest BCUT2D eigenvalue weighted by atomic mass is 9.79. The number of carbonyl (C=O) groups excluding carboxylic acids is 1. The topological polar surface area (TPSA) is 50.4 Å². The molecule has 0 bridgehead atoms. The molecule has 1 heterocycles. The Morgan fingerprint density at radius 3 is 2.45 bits per heavy atom. The minimum absolute atomic E-state index is 0.139. The quantitative estimate of drug-likeness (QED) is 0.759. The van der Waals surface area contributed by atoms with Gasteiger partial charge in [-0.15, -0.1) is 0 Å². The van der Waals surface area contributed by atoms with Crippen molar-refractivity contribution in [1.29, 1.82) is 0 Å². The van der Waals surface area contributed by atoms with Gasteiger partial charge in [-0.1, -0.05) is 25.7 Å². The fraction of sp³-hybridized carbons (Fsp3) is 0.938. The van der Waals surface area contributed by atoms with Crippen LogP contribution in [0.1, 0.15) is 51.4 Å². The van der Waals surface area contributed by atoms with E-state index >= 15 is 0 Å². The third kappa shape index (κ3) is 4.45. The first-order valence-electron chi connectivity index (χ1n) is 8.23. The molecule has 1 aliphatic carbocycles. The Balaban J connectivity index is 1.83. The molecule has 0 unspecified atom stereocenters. The van der Waals surface area contributed by atoms with E-state index in [0.29, 0.717) is 0 Å². The number of hydrogen-bond acceptors (Lipinski definition) is 3. The summed E-state index contributed by atoms with van der Waals surface area (Å²) in [5, 5.41) is 6.62. The monoisotopic (exact) mass is 282 g/mol. The van der Waals surface area contributed by atoms with Crippen LogP contribution in [0.3, 0.4) is 0 Å². The van der Waals surface area contributed by atoms with Gasteiger partial charge >= 0.3 is 0 Å². The maximum Gasteiger partial charge on any atom is 0.223 e. The molecule has 0 radical (unpaired) electrons. The smallest absolute Gasteiger partial charge is 0.223 e. The summed E-state index contributed by atoms with van der Waals surface area (Å²) in [6, 6.07) is 0. The van der Waals surface area contributed by atoms with Crippen LogP contribution in [0.25, 0.3) is 0 Å². The number of nitrogens with one attached hydrogen (secondary N) is 2. The SMILES string of the molecule is COCC1(CNC(=O)C2CCCCCC2)CCNCC1. The molecule has 4 nitrogen and oxygen atoms in total. The predicted molar refractivity (Wildman–Crippen MR) is 80.6 cm³/mol. The van der Waals surface area contributed by atoms with Crippen molar-refractivity contribution in [2.45, 2.75) is 51.4 Å². The van der Waals surface area contributed by atoms with Crippen molar-refractivity contribution in [2.75, 3.05) is 33.4 Å². The minimum atomic E-state index is 0.139. The second-order valence-corrected chi connectivity index (χ2v) is 6.59. The maximum absolute atomic E-state index is 12.4. The first-order chi connectivity index (χ1) is 9.76. The van der Waals surface area contributed by atoms with Crippen molar-refractivity contribution in [2.24, 2.45) is 11.3 Å². The van der Waals surface area contributed by atoms with E-state index in [1.807, 2.05) is 0 Å². The van der Waals surface area contributed by atoms with Gasteiger partial charge in [0.2, 0.25) is 5.91 Å². The van der Waals surface area contributed by atoms with Crippen LogP contribution in [0.2, 0.25) is 0 Å². The van der Waals surface area contributed by atoms with Crippen molar-refractivity contribution in [3.63, 3.8) is 0 Å². The lowest BCUT2D eigenvalue weighted by molar-refractivity contribution is -0.126. The largest absolute Gasteiger partial charge is 0.384 e. The molecule has 0 atom stereocenters. The van der Waals surface area contributed by atoms with E-state index in [2.05, 4.69) is 10.6 Å². The second-order valence-electron chi connectivity index (χ2n) is 6.59. The fourth-order valence-corrected chi connectivity index (χ4v) is 3.60. The summed E-state index contributed by atoms with van der Waals surface area (Å²) in [6.07, 6.45) is 9.34. The van der Waals surface area contributed by atoms with E-state index in [4.69, 9.17) is 4.74 Å². The van der Waals surface area contributed by atoms with Crippen LogP contribution in [0.5, 0.6) is 0 Å². The molecule has 0 spiro atoms. The zero-order valence-corrected chi connectivity index (χ0v) is 12.9. The van der Waals surface area contributed by atoms with Gasteiger partial charge in [-0.25, -0.2) is 0 Å². The van der Waals surface area contributed by atoms with E-state index < -0.39 is 0 Å². The molecular weight excluding hydrogens is 252 g/mol. The van der Waals surface area contributed by atoms with Crippen LogP contribution in [0.4, 0.5) is 0 Å². The van der Waals surface area contributed by atoms with Gasteiger partial charge in [0.15, 0.2) is 0 Å². The molecule has 0 aromatic carbocycles. The molecular formula is C16H30N2O2. The molecule has 1 saturated carbocycles. The van der Waals surface area contributed by atoms with E-state index in [1.54, 1.807) is 7.11 Å². The zero-order valence-electron chi connectivity index (χ0n) is 12.9. The van der Waals surface area contributed by atoms with Crippen LogP contribution < -0.4 is 10.6 Å². The van der Waals surface area contributed by atoms with Gasteiger partial charge in [-0.2, -0.15) is 0 Å². The highest BCUT2D eigenvalue weighted by atomic mass is 16.5. The number of ether oxygens (including phenoxy) is 1. The lowest BCUT2D eigenvalue weighted by Crippen LogP contribution is -2.48. The highest BCUT2D eigenvalue weighted by Crippen LogP contribution is 2.29. The number of carbonyl (C=O) groups is 1. The summed E-state index contributed by atoms with van der Waals surface area (Å²) < 4.78 is 5.40. The lowest BCUT2D eigenvalue weighted by Gasteiger charge is -2.37. The molecule has 0 aromatic rings. The van der Waals surface area contributed by atoms with Gasteiger partial charge in [0.25, 0.3) is 0 Å². The number of rotatable bonds is 5. The summed E-state index contributed by atoms with van der Waals surface area (Å²) in [4.78, 5) is 12.4. The highest BCUT2D eigenvalue weighted by Gasteiger charge is 2.33. The van der Waals surface area contributed by atoms with Crippen LogP contribution in [0, 0.1) is 11.3 Å². The predicted octanol–water partition coefficient (Wildman–Crippen LogP) is 2.09. The Morgan fingerprint density at radius 2 is 1.85 bits per heavy atom. The van der Waals surface area contributed by atoms with Crippen LogP contribution in [-0.2, 0) is 9.53 Å². The van der Waals surface area contributed by atoms with Crippen molar-refractivity contribution >= 4 is 5.91 Å². The van der Waals surface area contributed by atoms with E-state index in [9.17, 15) is 4.79 Å². The molecule has 20 heavy (non-hydrogen) atoms. The van der Waals surface area contributed by atoms with E-state index in [-0.39, 0.29) is 17.2 Å². The van der Waals surface area contributed by atoms with E-state index in [1.165, 1.54) is 25.7 Å². The van der Waals surface area contributed by atoms with Gasteiger partial charge in [0.1, 0.15) is 0 Å². The molecule has 1 aliphatic heterocycles. The van der Waals surface area contributed by atoms with Crippen LogP contribution in [0.15, 0.2) is 0 Å². The number of methoxy groups -OCH3 is 1. The maximum atomic E-state index is 12.4. The average Bonchev–Trinajstić information content (AvgIpc) is 2.75. The van der Waals surface area contributed by atoms with E-state index in [0.717, 1.165) is 51.9 Å². The van der Waals surface area contributed by atoms with Crippen LogP contribution >= 0.6 is 0 Å². The molecule has 1 saturated heterocycles. The summed E-state index contributed by atoms with van der Waals surface area (Å²) in [7, 11) is 1.76. The first-order valence-corrected chi connectivity index (χ1v) is 8.23. The van der Waals surface area contributed by atoms with Crippen molar-refractivity contribution in [3.8, 4) is 0 Å². The molecule has 4 heteroatoms. The van der Waals surface area contributed by atoms with Crippen LogP contribution in [-0.4, -0.2) is 39.3 Å². The average molecular weight is 282 g/mol. The molecule has 0 aromatic heterocycles. The first kappa shape index (κ1) is 15.8. The summed E-state index contributed by atoms with van der Waals surface area (Å²) in [5.74, 6) is 0.528. The fourth-order valence-electron chi connectivity index (χ4n) is 3.60. The Labute approximate surface area is 123 Å². The summed E-state index contributed by atoms with van der Waals surface area (Å²) >= 11 is 0. The van der Waals surface area contributed by atoms with Crippen molar-refractivity contribution < 1.29 is 9.53 Å². The zero-order chi connectivity index (χ0) is 14.3. The second kappa shape index (κ2) is 7.99. The molecule has 116 valence electrons. The molecule has 1 amide bonds. The Kier molecular flexibility index (Phi) is 6.30. The minimum Gasteiger partial charge on any atom is -0.384 e. The molecule has 2 N–H and O–H groups in total. The van der Waals surface area contributed by atoms with Gasteiger partial charge in [-0.05, 0) is 38.8 Å². The molecule has 2 rings (SSSR count). The Hall–Kier alpha value is -0.610. The third-order valence-electron chi connectivity index (χ3n) is 4.98. The third-order valence-corrected chi connectivity index (χ3v) is 4.98. The summed E-state index contributed by atoms with van der Waals surface area (Å²) in [6.45, 7) is 3.59. The van der Waals surface area contributed by atoms with Crippen molar-refractivity contribution in [3.05, 3.63) is 0 Å². The summed E-state index contributed by atoms with van der Waals surface area (Å²) in [5.41, 5.74) is 0.139. The normalized spacial score (nSPS) is 24.1. The van der Waals surface area contributed by atoms with Gasteiger partial charge in [-0.3, -0.25) is 4.79 Å². The highest BCUT2D eigenvalue weighted by molar-refractivity contribution is 5.78. The number of hydrogen-bond donors (Lipinski definition) is 2. The number of amides is 1. The van der Waals surface area contributed by atoms with Gasteiger partial charge < -0.3 is 15.4 Å². The van der Waals surface area contributed by atoms with Gasteiger partial charge in [0.05, 0.1) is 6.61 Å². The standard InChI is InChI=1S/C16H30N2O2/c1-20-13-16(8-10-17-11-9-16)12-18-15(19)14-6-4-2-3-5-7-14/h14,17H,2-13H2,1H3,(H,18,19).